The van der Waals surface area contributed by atoms with E-state index in [0.29, 0.717) is 0 Å². The van der Waals surface area contributed by atoms with E-state index in [1.165, 1.54) is 0 Å². The summed E-state index contributed by atoms with van der Waals surface area (Å²) < 4.78 is 10.2. The lowest BCUT2D eigenvalue weighted by molar-refractivity contribution is 0.205. The Hall–Kier alpha value is -2.10. The maximum Gasteiger partial charge on any atom is 0.618 e. The van der Waals surface area contributed by atoms with Gasteiger partial charge in [-0.1, -0.05) is 36.4 Å². The molecular formula is C13H12O5P+. The fourth-order valence-electron chi connectivity index (χ4n) is 1.35. The zero-order chi connectivity index (χ0) is 13.7. The number of carbonyl (C=O) groups is 1. The molecule has 0 spiro atoms. The third kappa shape index (κ3) is 3.44. The lowest BCUT2D eigenvalue weighted by Gasteiger charge is -2.12. The number of hydrogen-bond acceptors (Lipinski definition) is 4. The van der Waals surface area contributed by atoms with E-state index in [0.717, 1.165) is 0 Å². The standard InChI is InChI=1S/C13H11O5P/c14-13(15)19(16,17-11-7-3-1-4-8-11)18-12-9-5-2-6-10-12/h1-10,16H/p+1. The fraction of sp³-hybridized carbons (Fsp3) is 0. The van der Waals surface area contributed by atoms with Gasteiger partial charge in [0.1, 0.15) is 0 Å². The lowest BCUT2D eigenvalue weighted by atomic mass is 10.3. The molecule has 2 rings (SSSR count). The first-order chi connectivity index (χ1) is 9.10. The smallest absolute Gasteiger partial charge is 0.444 e. The number of benzene rings is 2. The number of carboxylic acid groups (broad SMARTS) is 1. The third-order valence-electron chi connectivity index (χ3n) is 2.19. The van der Waals surface area contributed by atoms with Gasteiger partial charge < -0.3 is 5.11 Å². The van der Waals surface area contributed by atoms with E-state index in [1.54, 1.807) is 60.7 Å². The summed E-state index contributed by atoms with van der Waals surface area (Å²) in [7, 11) is -4.07. The Bertz CT molecular complexity index is 502. The molecule has 0 fully saturated rings. The van der Waals surface area contributed by atoms with E-state index in [1.807, 2.05) is 0 Å². The van der Waals surface area contributed by atoms with Gasteiger partial charge >= 0.3 is 13.7 Å². The summed E-state index contributed by atoms with van der Waals surface area (Å²) >= 11 is 0. The van der Waals surface area contributed by atoms with Gasteiger partial charge in [0.05, 0.1) is 0 Å². The molecular weight excluding hydrogens is 267 g/mol. The van der Waals surface area contributed by atoms with Crippen LogP contribution < -0.4 is 9.05 Å². The van der Waals surface area contributed by atoms with Crippen LogP contribution in [0.1, 0.15) is 0 Å². The van der Waals surface area contributed by atoms with Gasteiger partial charge in [0.25, 0.3) is 0 Å². The quantitative estimate of drug-likeness (QED) is 0.818. The van der Waals surface area contributed by atoms with Crippen LogP contribution in [0.2, 0.25) is 0 Å². The average Bonchev–Trinajstić information content (AvgIpc) is 2.40. The molecule has 0 saturated carbocycles. The SMILES string of the molecule is O=C(O)[P+](O)(Oc1ccccc1)Oc1ccccc1. The molecule has 2 aromatic rings. The van der Waals surface area contributed by atoms with Gasteiger partial charge in [-0.05, 0) is 24.3 Å². The summed E-state index contributed by atoms with van der Waals surface area (Å²) in [6.07, 6.45) is 0. The molecule has 0 aromatic heterocycles. The van der Waals surface area contributed by atoms with Crippen molar-refractivity contribution in [3.8, 4) is 11.5 Å². The van der Waals surface area contributed by atoms with Crippen molar-refractivity contribution in [2.24, 2.45) is 0 Å². The predicted molar refractivity (Wildman–Crippen MR) is 71.3 cm³/mol. The maximum absolute atomic E-state index is 11.2. The Morgan fingerprint density at radius 1 is 0.842 bits per heavy atom. The first-order valence-electron chi connectivity index (χ1n) is 5.45. The highest BCUT2D eigenvalue weighted by Gasteiger charge is 2.56. The maximum atomic E-state index is 11.2. The summed E-state index contributed by atoms with van der Waals surface area (Å²) in [6.45, 7) is 0. The van der Waals surface area contributed by atoms with Crippen LogP contribution in [0.3, 0.4) is 0 Å². The van der Waals surface area contributed by atoms with Crippen LogP contribution >= 0.6 is 7.94 Å². The second-order valence-corrected chi connectivity index (χ2v) is 5.40. The van der Waals surface area contributed by atoms with Gasteiger partial charge in [-0.25, -0.2) is 0 Å². The molecule has 2 aromatic carbocycles. The topological polar surface area (TPSA) is 76.0 Å². The zero-order valence-corrected chi connectivity index (χ0v) is 10.7. The second kappa shape index (κ2) is 5.69. The van der Waals surface area contributed by atoms with Crippen LogP contribution in [0.5, 0.6) is 11.5 Å². The predicted octanol–water partition coefficient (Wildman–Crippen LogP) is 3.58. The molecule has 19 heavy (non-hydrogen) atoms. The van der Waals surface area contributed by atoms with Gasteiger partial charge in [0, 0.05) is 0 Å². The molecule has 0 aliphatic carbocycles. The van der Waals surface area contributed by atoms with E-state index < -0.39 is 13.7 Å². The lowest BCUT2D eigenvalue weighted by Crippen LogP contribution is -2.15. The van der Waals surface area contributed by atoms with E-state index in [-0.39, 0.29) is 11.5 Å². The highest BCUT2D eigenvalue weighted by atomic mass is 31.2. The molecule has 0 aliphatic heterocycles. The van der Waals surface area contributed by atoms with Crippen LogP contribution in [-0.2, 0) is 0 Å². The van der Waals surface area contributed by atoms with Crippen molar-refractivity contribution in [3.63, 3.8) is 0 Å². The molecule has 0 aliphatic rings. The molecule has 5 nitrogen and oxygen atoms in total. The molecule has 98 valence electrons. The molecule has 0 amide bonds. The summed E-state index contributed by atoms with van der Waals surface area (Å²) in [5, 5.41) is 9.10. The van der Waals surface area contributed by atoms with Crippen molar-refractivity contribution in [2.45, 2.75) is 0 Å². The summed E-state index contributed by atoms with van der Waals surface area (Å²) in [5.41, 5.74) is -1.53. The zero-order valence-electron chi connectivity index (χ0n) is 9.84. The second-order valence-electron chi connectivity index (χ2n) is 3.61. The molecule has 0 radical (unpaired) electrons. The van der Waals surface area contributed by atoms with Crippen molar-refractivity contribution < 1.29 is 23.8 Å². The van der Waals surface area contributed by atoms with Crippen molar-refractivity contribution in [3.05, 3.63) is 60.7 Å². The summed E-state index contributed by atoms with van der Waals surface area (Å²) in [4.78, 5) is 21.2. The minimum Gasteiger partial charge on any atom is -0.444 e. The van der Waals surface area contributed by atoms with Crippen molar-refractivity contribution in [2.75, 3.05) is 0 Å². The van der Waals surface area contributed by atoms with E-state index in [4.69, 9.17) is 14.2 Å². The molecule has 0 unspecified atom stereocenters. The molecule has 2 N–H and O–H groups in total. The molecule has 0 bridgehead atoms. The number of para-hydroxylation sites is 2. The molecule has 0 heterocycles. The monoisotopic (exact) mass is 279 g/mol. The van der Waals surface area contributed by atoms with Crippen molar-refractivity contribution in [1.29, 1.82) is 0 Å². The Morgan fingerprint density at radius 3 is 1.53 bits per heavy atom. The first-order valence-corrected chi connectivity index (χ1v) is 7.02. The molecule has 0 atom stereocenters. The highest BCUT2D eigenvalue weighted by molar-refractivity contribution is 7.77. The van der Waals surface area contributed by atoms with Crippen LogP contribution in [-0.4, -0.2) is 15.7 Å². The fourth-order valence-corrected chi connectivity index (χ4v) is 2.35. The minimum atomic E-state index is -4.07. The van der Waals surface area contributed by atoms with Gasteiger partial charge in [-0.15, -0.1) is 0 Å². The average molecular weight is 279 g/mol. The van der Waals surface area contributed by atoms with Crippen LogP contribution in [0, 0.1) is 0 Å². The summed E-state index contributed by atoms with van der Waals surface area (Å²) in [6, 6.07) is 16.4. The van der Waals surface area contributed by atoms with Crippen molar-refractivity contribution >= 4 is 13.7 Å². The van der Waals surface area contributed by atoms with Crippen molar-refractivity contribution in [1.82, 2.24) is 0 Å². The Labute approximate surface area is 110 Å². The first kappa shape index (κ1) is 13.3. The van der Waals surface area contributed by atoms with Gasteiger partial charge in [0.15, 0.2) is 11.5 Å². The highest BCUT2D eigenvalue weighted by Crippen LogP contribution is 2.56. The van der Waals surface area contributed by atoms with Crippen LogP contribution in [0.25, 0.3) is 0 Å². The Morgan fingerprint density at radius 2 is 1.21 bits per heavy atom. The van der Waals surface area contributed by atoms with E-state index in [2.05, 4.69) is 0 Å². The third-order valence-corrected chi connectivity index (χ3v) is 3.59. The molecule has 0 saturated heterocycles. The minimum absolute atomic E-state index is 0.233. The van der Waals surface area contributed by atoms with Gasteiger partial charge in [0.2, 0.25) is 0 Å². The van der Waals surface area contributed by atoms with Crippen LogP contribution in [0.15, 0.2) is 60.7 Å². The number of rotatable bonds is 5. The normalized spacial score (nSPS) is 10.8. The Kier molecular flexibility index (Phi) is 4.00. The van der Waals surface area contributed by atoms with Gasteiger partial charge in [-0.2, -0.15) is 9.69 Å². The van der Waals surface area contributed by atoms with Gasteiger partial charge in [-0.3, -0.25) is 9.05 Å². The molecule has 6 heteroatoms. The number of hydrogen-bond donors (Lipinski definition) is 2. The van der Waals surface area contributed by atoms with E-state index >= 15 is 0 Å². The largest absolute Gasteiger partial charge is 0.618 e. The Balaban J connectivity index is 2.21. The van der Waals surface area contributed by atoms with E-state index in [9.17, 15) is 9.69 Å². The van der Waals surface area contributed by atoms with Crippen LogP contribution in [0.4, 0.5) is 4.79 Å². The summed E-state index contributed by atoms with van der Waals surface area (Å²) in [5.74, 6) is 0.466.